The van der Waals surface area contributed by atoms with Crippen LogP contribution in [0.5, 0.6) is 0 Å². The van der Waals surface area contributed by atoms with Crippen molar-refractivity contribution in [3.63, 3.8) is 0 Å². The molecule has 0 aromatic rings. The van der Waals surface area contributed by atoms with Crippen LogP contribution in [0, 0.1) is 0 Å². The summed E-state index contributed by atoms with van der Waals surface area (Å²) in [6.45, 7) is 4.52. The maximum Gasteiger partial charge on any atom is 0.393 e. The van der Waals surface area contributed by atoms with E-state index in [1.54, 1.807) is 27.7 Å². The van der Waals surface area contributed by atoms with Crippen LogP contribution < -0.4 is 0 Å². The molecule has 0 saturated carbocycles. The van der Waals surface area contributed by atoms with Crippen molar-refractivity contribution < 1.29 is 23.1 Å². The predicted molar refractivity (Wildman–Crippen MR) is 68.8 cm³/mol. The molecule has 100 valence electrons. The zero-order valence-corrected chi connectivity index (χ0v) is 12.3. The molecule has 17 heavy (non-hydrogen) atoms. The van der Waals surface area contributed by atoms with Gasteiger partial charge < -0.3 is 13.8 Å². The van der Waals surface area contributed by atoms with E-state index >= 15 is 0 Å². The third-order valence-corrected chi connectivity index (χ3v) is 5.38. The number of allylic oxidation sites excluding steroid dienone is 1. The van der Waals surface area contributed by atoms with E-state index in [9.17, 15) is 9.36 Å². The molecular formula is C10H19O5PS. The summed E-state index contributed by atoms with van der Waals surface area (Å²) in [4.78, 5) is 11.7. The molecule has 0 aliphatic rings. The molecule has 0 aliphatic carbocycles. The van der Waals surface area contributed by atoms with Gasteiger partial charge in [0.25, 0.3) is 0 Å². The first-order valence-electron chi connectivity index (χ1n) is 5.41. The number of carbonyl (C=O) groups excluding carboxylic acids is 1. The lowest BCUT2D eigenvalue weighted by Gasteiger charge is -2.15. The number of hydrogen-bond acceptors (Lipinski definition) is 6. The molecule has 0 spiro atoms. The summed E-state index contributed by atoms with van der Waals surface area (Å²) in [6.07, 6.45) is 1.28. The van der Waals surface area contributed by atoms with Gasteiger partial charge >= 0.3 is 12.8 Å². The first-order chi connectivity index (χ1) is 7.97. The zero-order chi connectivity index (χ0) is 13.3. The molecular weight excluding hydrogens is 263 g/mol. The van der Waals surface area contributed by atoms with Crippen LogP contribution in [0.2, 0.25) is 0 Å². The van der Waals surface area contributed by atoms with E-state index < -0.39 is 12.8 Å². The first-order valence-corrected chi connectivity index (χ1v) is 8.37. The summed E-state index contributed by atoms with van der Waals surface area (Å²) >= 11 is 0.922. The Balaban J connectivity index is 4.54. The van der Waals surface area contributed by atoms with Gasteiger partial charge in [0.05, 0.1) is 19.8 Å². The highest BCUT2D eigenvalue weighted by atomic mass is 32.7. The van der Waals surface area contributed by atoms with E-state index in [4.69, 9.17) is 13.8 Å². The average molecular weight is 282 g/mol. The second kappa shape index (κ2) is 8.75. The Morgan fingerprint density at radius 2 is 1.71 bits per heavy atom. The first kappa shape index (κ1) is 16.7. The quantitative estimate of drug-likeness (QED) is 0.386. The Labute approximate surface area is 106 Å². The van der Waals surface area contributed by atoms with Crippen LogP contribution in [0.1, 0.15) is 27.7 Å². The summed E-state index contributed by atoms with van der Waals surface area (Å²) in [5.74, 6) is -0.461. The maximum absolute atomic E-state index is 12.1. The van der Waals surface area contributed by atoms with Gasteiger partial charge in [-0.25, -0.2) is 9.36 Å². The Morgan fingerprint density at radius 3 is 2.12 bits per heavy atom. The lowest BCUT2D eigenvalue weighted by Crippen LogP contribution is -2.00. The third-order valence-electron chi connectivity index (χ3n) is 1.44. The van der Waals surface area contributed by atoms with Crippen molar-refractivity contribution in [2.45, 2.75) is 27.7 Å². The van der Waals surface area contributed by atoms with Crippen LogP contribution in [0.15, 0.2) is 11.0 Å². The molecule has 0 heterocycles. The summed E-state index contributed by atoms with van der Waals surface area (Å²) in [5, 5.41) is 0. The summed E-state index contributed by atoms with van der Waals surface area (Å²) in [5.41, 5.74) is 0. The second-order valence-electron chi connectivity index (χ2n) is 2.88. The number of esters is 1. The van der Waals surface area contributed by atoms with E-state index in [0.717, 1.165) is 11.4 Å². The van der Waals surface area contributed by atoms with Gasteiger partial charge in [-0.2, -0.15) is 0 Å². The molecule has 0 atom stereocenters. The molecule has 0 aliphatic heterocycles. The standard InChI is InChI=1S/C10H19O5PS/c1-5-13-10(11)8-9(4)17-16(12,14-6-2)15-7-3/h8H,5-7H2,1-4H3. The van der Waals surface area contributed by atoms with E-state index in [1.807, 2.05) is 0 Å². The second-order valence-corrected chi connectivity index (χ2v) is 7.01. The molecule has 0 radical (unpaired) electrons. The molecule has 0 rings (SSSR count). The van der Waals surface area contributed by atoms with Crippen molar-refractivity contribution in [2.24, 2.45) is 0 Å². The number of rotatable bonds is 8. The minimum absolute atomic E-state index is 0.289. The zero-order valence-electron chi connectivity index (χ0n) is 10.6. The molecule has 5 nitrogen and oxygen atoms in total. The molecule has 0 fully saturated rings. The monoisotopic (exact) mass is 282 g/mol. The fraction of sp³-hybridized carbons (Fsp3) is 0.700. The topological polar surface area (TPSA) is 61.8 Å². The Bertz CT molecular complexity index is 306. The molecule has 0 amide bonds. The SMILES string of the molecule is CCOC(=O)C=C(C)SP(=O)(OCC)OCC. The van der Waals surface area contributed by atoms with Crippen LogP contribution >= 0.6 is 18.2 Å². The van der Waals surface area contributed by atoms with Crippen LogP contribution in [-0.4, -0.2) is 25.8 Å². The highest BCUT2D eigenvalue weighted by Gasteiger charge is 2.25. The summed E-state index contributed by atoms with van der Waals surface area (Å²) < 4.78 is 27.0. The van der Waals surface area contributed by atoms with Crippen molar-refractivity contribution in [1.29, 1.82) is 0 Å². The highest BCUT2D eigenvalue weighted by Crippen LogP contribution is 2.63. The Hall–Kier alpha value is -0.290. The highest BCUT2D eigenvalue weighted by molar-refractivity contribution is 8.57. The normalized spacial score (nSPS) is 12.6. The molecule has 0 saturated heterocycles. The van der Waals surface area contributed by atoms with Gasteiger partial charge in [-0.05, 0) is 39.1 Å². The smallest absolute Gasteiger partial charge is 0.393 e. The molecule has 0 N–H and O–H groups in total. The van der Waals surface area contributed by atoms with Crippen molar-refractivity contribution >= 4 is 24.1 Å². The van der Waals surface area contributed by atoms with E-state index in [0.29, 0.717) is 11.5 Å². The van der Waals surface area contributed by atoms with Crippen LogP contribution in [0.3, 0.4) is 0 Å². The van der Waals surface area contributed by atoms with Gasteiger partial charge in [0, 0.05) is 11.0 Å². The lowest BCUT2D eigenvalue weighted by molar-refractivity contribution is -0.137. The van der Waals surface area contributed by atoms with Gasteiger partial charge in [-0.15, -0.1) is 0 Å². The van der Waals surface area contributed by atoms with Gasteiger partial charge in [0.15, 0.2) is 0 Å². The van der Waals surface area contributed by atoms with Gasteiger partial charge in [0.1, 0.15) is 0 Å². The fourth-order valence-corrected chi connectivity index (χ4v) is 4.44. The molecule has 7 heteroatoms. The van der Waals surface area contributed by atoms with E-state index in [2.05, 4.69) is 0 Å². The number of hydrogen-bond donors (Lipinski definition) is 0. The molecule has 0 aromatic carbocycles. The van der Waals surface area contributed by atoms with Crippen LogP contribution in [0.4, 0.5) is 0 Å². The Morgan fingerprint density at radius 1 is 1.18 bits per heavy atom. The third kappa shape index (κ3) is 7.60. The fourth-order valence-electron chi connectivity index (χ4n) is 0.959. The molecule has 0 aromatic heterocycles. The minimum Gasteiger partial charge on any atom is -0.463 e. The Kier molecular flexibility index (Phi) is 8.60. The van der Waals surface area contributed by atoms with Gasteiger partial charge in [-0.3, -0.25) is 0 Å². The van der Waals surface area contributed by atoms with Gasteiger partial charge in [-0.1, -0.05) is 0 Å². The van der Waals surface area contributed by atoms with E-state index in [1.165, 1.54) is 6.08 Å². The lowest BCUT2D eigenvalue weighted by atomic mass is 10.5. The van der Waals surface area contributed by atoms with Crippen molar-refractivity contribution in [1.82, 2.24) is 0 Å². The van der Waals surface area contributed by atoms with E-state index in [-0.39, 0.29) is 13.2 Å². The summed E-state index contributed by atoms with van der Waals surface area (Å²) in [6, 6.07) is 0. The maximum atomic E-state index is 12.1. The molecule has 0 unspecified atom stereocenters. The van der Waals surface area contributed by atoms with Gasteiger partial charge in [0.2, 0.25) is 0 Å². The molecule has 0 bridgehead atoms. The van der Waals surface area contributed by atoms with Crippen LogP contribution in [0.25, 0.3) is 0 Å². The number of ether oxygens (including phenoxy) is 1. The van der Waals surface area contributed by atoms with Crippen LogP contribution in [-0.2, 0) is 23.1 Å². The minimum atomic E-state index is -3.21. The average Bonchev–Trinajstić information content (AvgIpc) is 2.17. The van der Waals surface area contributed by atoms with Crippen molar-refractivity contribution in [3.05, 3.63) is 11.0 Å². The number of carbonyl (C=O) groups is 1. The van der Waals surface area contributed by atoms with Crippen molar-refractivity contribution in [3.8, 4) is 0 Å². The van der Waals surface area contributed by atoms with Crippen molar-refractivity contribution in [2.75, 3.05) is 19.8 Å². The predicted octanol–water partition coefficient (Wildman–Crippen LogP) is 3.37. The summed E-state index contributed by atoms with van der Waals surface area (Å²) in [7, 11) is 0. The largest absolute Gasteiger partial charge is 0.463 e.